The number of amides is 1. The quantitative estimate of drug-likeness (QED) is 0.841. The lowest BCUT2D eigenvalue weighted by Crippen LogP contribution is -2.46. The monoisotopic (exact) mass is 344 g/mol. The number of carbonyl (C=O) groups excluding carboxylic acids is 1. The summed E-state index contributed by atoms with van der Waals surface area (Å²) in [5.41, 5.74) is 3.79. The average molecular weight is 344 g/mol. The van der Waals surface area contributed by atoms with Crippen LogP contribution in [0.1, 0.15) is 30.9 Å². The third-order valence-electron chi connectivity index (χ3n) is 5.30. The van der Waals surface area contributed by atoms with Gasteiger partial charge in [-0.3, -0.25) is 4.90 Å². The average Bonchev–Trinajstić information content (AvgIpc) is 3.07. The van der Waals surface area contributed by atoms with E-state index in [-0.39, 0.29) is 12.1 Å². The van der Waals surface area contributed by atoms with Gasteiger partial charge in [-0.05, 0) is 43.0 Å². The normalized spacial score (nSPS) is 19.0. The number of benzene rings is 1. The number of nitrogens with zero attached hydrogens (tertiary/aromatic N) is 2. The second-order valence-electron chi connectivity index (χ2n) is 6.75. The standard InChI is InChI=1S/C19H24N2O4/c1-3-23-19(22)20(2)14-6-8-21(9-7-14)11-13-10-16-15(13)4-5-17-18(16)25-12-24-17/h4-5,10,14H,3,6-9,11-12H2,1-2H3. The number of ether oxygens (including phenoxy) is 3. The van der Waals surface area contributed by atoms with E-state index in [0.29, 0.717) is 13.4 Å². The molecule has 0 saturated carbocycles. The topological polar surface area (TPSA) is 51.2 Å². The first-order valence-corrected chi connectivity index (χ1v) is 8.93. The first kappa shape index (κ1) is 16.3. The predicted octanol–water partition coefficient (Wildman–Crippen LogP) is 2.82. The second kappa shape index (κ2) is 6.59. The zero-order valence-electron chi connectivity index (χ0n) is 14.8. The Morgan fingerprint density at radius 2 is 2.12 bits per heavy atom. The molecule has 0 bridgehead atoms. The first-order chi connectivity index (χ1) is 12.2. The molecule has 2 heterocycles. The van der Waals surface area contributed by atoms with Crippen molar-refractivity contribution in [2.45, 2.75) is 25.8 Å². The molecule has 0 aromatic heterocycles. The van der Waals surface area contributed by atoms with Crippen molar-refractivity contribution >= 4 is 17.7 Å². The third-order valence-corrected chi connectivity index (χ3v) is 5.30. The Labute approximate surface area is 147 Å². The zero-order chi connectivity index (χ0) is 17.4. The largest absolute Gasteiger partial charge is 0.454 e. The van der Waals surface area contributed by atoms with Crippen LogP contribution in [0.2, 0.25) is 0 Å². The Bertz CT molecular complexity index is 708. The van der Waals surface area contributed by atoms with Crippen molar-refractivity contribution in [3.8, 4) is 11.5 Å². The Morgan fingerprint density at radius 1 is 1.32 bits per heavy atom. The smallest absolute Gasteiger partial charge is 0.409 e. The van der Waals surface area contributed by atoms with Gasteiger partial charge in [-0.2, -0.15) is 0 Å². The molecule has 6 heteroatoms. The number of hydrogen-bond donors (Lipinski definition) is 0. The molecule has 134 valence electrons. The SMILES string of the molecule is CCOC(=O)N(C)C1CCN(CC2=Cc3c2ccc2c3OCO2)CC1. The molecule has 3 aliphatic rings. The lowest BCUT2D eigenvalue weighted by atomic mass is 9.86. The Kier molecular flexibility index (Phi) is 4.29. The summed E-state index contributed by atoms with van der Waals surface area (Å²) < 4.78 is 16.1. The van der Waals surface area contributed by atoms with Crippen molar-refractivity contribution in [2.75, 3.05) is 40.1 Å². The molecule has 0 radical (unpaired) electrons. The molecule has 1 aliphatic carbocycles. The number of likely N-dealkylation sites (tertiary alicyclic amines) is 1. The highest BCUT2D eigenvalue weighted by Gasteiger charge is 2.30. The van der Waals surface area contributed by atoms with E-state index in [9.17, 15) is 4.79 Å². The van der Waals surface area contributed by atoms with Crippen molar-refractivity contribution in [1.29, 1.82) is 0 Å². The molecule has 1 aromatic carbocycles. The molecule has 0 N–H and O–H groups in total. The number of hydrogen-bond acceptors (Lipinski definition) is 5. The van der Waals surface area contributed by atoms with Gasteiger partial charge in [0.05, 0.1) is 6.61 Å². The number of piperidine rings is 1. The Hall–Kier alpha value is -2.21. The minimum Gasteiger partial charge on any atom is -0.454 e. The molecule has 1 saturated heterocycles. The van der Waals surface area contributed by atoms with Crippen LogP contribution in [0.25, 0.3) is 11.6 Å². The van der Waals surface area contributed by atoms with Gasteiger partial charge in [0.15, 0.2) is 11.5 Å². The first-order valence-electron chi connectivity index (χ1n) is 8.93. The highest BCUT2D eigenvalue weighted by Crippen LogP contribution is 2.46. The summed E-state index contributed by atoms with van der Waals surface area (Å²) in [6, 6.07) is 4.39. The van der Waals surface area contributed by atoms with Gasteiger partial charge < -0.3 is 19.1 Å². The van der Waals surface area contributed by atoms with Crippen LogP contribution in [-0.4, -0.2) is 62.0 Å². The molecule has 1 fully saturated rings. The minimum absolute atomic E-state index is 0.215. The van der Waals surface area contributed by atoms with Gasteiger partial charge in [-0.15, -0.1) is 0 Å². The van der Waals surface area contributed by atoms with E-state index in [1.165, 1.54) is 16.7 Å². The summed E-state index contributed by atoms with van der Waals surface area (Å²) in [5, 5.41) is 0. The summed E-state index contributed by atoms with van der Waals surface area (Å²) in [6.45, 7) is 5.51. The van der Waals surface area contributed by atoms with Crippen molar-refractivity contribution in [1.82, 2.24) is 9.80 Å². The summed E-state index contributed by atoms with van der Waals surface area (Å²) in [6.07, 6.45) is 3.96. The van der Waals surface area contributed by atoms with E-state index < -0.39 is 0 Å². The number of rotatable bonds is 4. The second-order valence-corrected chi connectivity index (χ2v) is 6.75. The van der Waals surface area contributed by atoms with Gasteiger partial charge >= 0.3 is 6.09 Å². The summed E-state index contributed by atoms with van der Waals surface area (Å²) in [7, 11) is 1.84. The Balaban J connectivity index is 1.31. The molecule has 4 rings (SSSR count). The predicted molar refractivity (Wildman–Crippen MR) is 94.7 cm³/mol. The molecule has 1 amide bonds. The third kappa shape index (κ3) is 2.95. The van der Waals surface area contributed by atoms with Crippen molar-refractivity contribution in [2.24, 2.45) is 0 Å². The molecular weight excluding hydrogens is 320 g/mol. The molecule has 0 unspecified atom stereocenters. The van der Waals surface area contributed by atoms with Crippen LogP contribution >= 0.6 is 0 Å². The summed E-state index contributed by atoms with van der Waals surface area (Å²) in [5.74, 6) is 1.73. The van der Waals surface area contributed by atoms with Crippen LogP contribution in [0.5, 0.6) is 11.5 Å². The van der Waals surface area contributed by atoms with Crippen molar-refractivity contribution in [3.63, 3.8) is 0 Å². The Morgan fingerprint density at radius 3 is 2.88 bits per heavy atom. The van der Waals surface area contributed by atoms with Crippen LogP contribution in [0, 0.1) is 0 Å². The maximum absolute atomic E-state index is 11.8. The fourth-order valence-electron chi connectivity index (χ4n) is 3.80. The molecule has 25 heavy (non-hydrogen) atoms. The highest BCUT2D eigenvalue weighted by atomic mass is 16.7. The van der Waals surface area contributed by atoms with E-state index in [0.717, 1.165) is 44.0 Å². The van der Waals surface area contributed by atoms with Crippen LogP contribution in [-0.2, 0) is 4.74 Å². The van der Waals surface area contributed by atoms with Gasteiger partial charge in [-0.25, -0.2) is 4.79 Å². The lowest BCUT2D eigenvalue weighted by molar-refractivity contribution is 0.0826. The van der Waals surface area contributed by atoms with Gasteiger partial charge in [0, 0.05) is 38.3 Å². The lowest BCUT2D eigenvalue weighted by Gasteiger charge is -2.37. The van der Waals surface area contributed by atoms with Gasteiger partial charge in [0.2, 0.25) is 6.79 Å². The molecule has 0 atom stereocenters. The van der Waals surface area contributed by atoms with Gasteiger partial charge in [0.1, 0.15) is 0 Å². The molecule has 1 aromatic rings. The molecule has 6 nitrogen and oxygen atoms in total. The van der Waals surface area contributed by atoms with Crippen LogP contribution < -0.4 is 9.47 Å². The maximum Gasteiger partial charge on any atom is 0.409 e. The van der Waals surface area contributed by atoms with Crippen molar-refractivity contribution in [3.05, 3.63) is 23.3 Å². The van der Waals surface area contributed by atoms with Gasteiger partial charge in [0.25, 0.3) is 0 Å². The van der Waals surface area contributed by atoms with E-state index >= 15 is 0 Å². The number of fused-ring (bicyclic) bond motifs is 3. The number of carbonyl (C=O) groups is 1. The van der Waals surface area contributed by atoms with Crippen LogP contribution in [0.4, 0.5) is 4.79 Å². The fourth-order valence-corrected chi connectivity index (χ4v) is 3.80. The molecule has 0 spiro atoms. The molecule has 2 aliphatic heterocycles. The minimum atomic E-state index is -0.215. The van der Waals surface area contributed by atoms with Crippen LogP contribution in [0.3, 0.4) is 0 Å². The van der Waals surface area contributed by atoms with E-state index in [2.05, 4.69) is 17.0 Å². The van der Waals surface area contributed by atoms with Crippen molar-refractivity contribution < 1.29 is 19.0 Å². The van der Waals surface area contributed by atoms with E-state index in [4.69, 9.17) is 14.2 Å². The van der Waals surface area contributed by atoms with E-state index in [1.54, 1.807) is 4.90 Å². The van der Waals surface area contributed by atoms with E-state index in [1.807, 2.05) is 20.0 Å². The fraction of sp³-hybridized carbons (Fsp3) is 0.526. The van der Waals surface area contributed by atoms with Crippen LogP contribution in [0.15, 0.2) is 12.1 Å². The van der Waals surface area contributed by atoms with Gasteiger partial charge in [-0.1, -0.05) is 6.07 Å². The molecular formula is C19H24N2O4. The highest BCUT2D eigenvalue weighted by molar-refractivity contribution is 5.99. The zero-order valence-corrected chi connectivity index (χ0v) is 14.8. The summed E-state index contributed by atoms with van der Waals surface area (Å²) in [4.78, 5) is 16.0. The summed E-state index contributed by atoms with van der Waals surface area (Å²) >= 11 is 0. The maximum atomic E-state index is 11.8.